The van der Waals surface area contributed by atoms with Crippen molar-refractivity contribution in [3.05, 3.63) is 62.3 Å². The molecule has 0 atom stereocenters. The van der Waals surface area contributed by atoms with E-state index in [1.165, 1.54) is 23.9 Å². The van der Waals surface area contributed by atoms with Crippen molar-refractivity contribution in [3.8, 4) is 0 Å². The van der Waals surface area contributed by atoms with Gasteiger partial charge in [-0.3, -0.25) is 9.52 Å². The Morgan fingerprint density at radius 1 is 1.36 bits per heavy atom. The Bertz CT molecular complexity index is 998. The molecule has 1 aliphatic rings. The summed E-state index contributed by atoms with van der Waals surface area (Å²) in [6, 6.07) is 4.75. The fourth-order valence-corrected chi connectivity index (χ4v) is 4.30. The molecule has 0 spiro atoms. The minimum atomic E-state index is -3.54. The van der Waals surface area contributed by atoms with Crippen LogP contribution in [0.1, 0.15) is 29.5 Å². The molecular formula is C17H18ClFN2O3S. The lowest BCUT2D eigenvalue weighted by Gasteiger charge is -2.16. The number of nitrogens with zero attached hydrogens (tertiary/aromatic N) is 1. The van der Waals surface area contributed by atoms with E-state index in [0.717, 1.165) is 5.56 Å². The molecule has 1 N–H and O–H groups in total. The molecule has 0 radical (unpaired) electrons. The maximum absolute atomic E-state index is 14.2. The van der Waals surface area contributed by atoms with Crippen molar-refractivity contribution in [2.75, 3.05) is 4.72 Å². The van der Waals surface area contributed by atoms with Gasteiger partial charge in [-0.2, -0.15) is 0 Å². The zero-order chi connectivity index (χ0) is 18.4. The van der Waals surface area contributed by atoms with Gasteiger partial charge in [0.15, 0.2) is 0 Å². The van der Waals surface area contributed by atoms with Gasteiger partial charge in [0, 0.05) is 25.2 Å². The molecule has 3 rings (SSSR count). The number of aromatic nitrogens is 1. The van der Waals surface area contributed by atoms with Gasteiger partial charge in [0.2, 0.25) is 10.0 Å². The van der Waals surface area contributed by atoms with Crippen LogP contribution in [0.25, 0.3) is 0 Å². The van der Waals surface area contributed by atoms with Crippen molar-refractivity contribution in [2.45, 2.75) is 31.4 Å². The van der Waals surface area contributed by atoms with Gasteiger partial charge in [-0.05, 0) is 37.0 Å². The molecule has 1 fully saturated rings. The van der Waals surface area contributed by atoms with Crippen LogP contribution < -0.4 is 10.3 Å². The van der Waals surface area contributed by atoms with E-state index in [-0.39, 0.29) is 22.7 Å². The Morgan fingerprint density at radius 3 is 2.64 bits per heavy atom. The molecule has 1 saturated carbocycles. The molecule has 134 valence electrons. The highest BCUT2D eigenvalue weighted by Crippen LogP contribution is 2.32. The fraction of sp³-hybridized carbons (Fsp3) is 0.353. The largest absolute Gasteiger partial charge is 0.315 e. The summed E-state index contributed by atoms with van der Waals surface area (Å²) >= 11 is 6.17. The summed E-state index contributed by atoms with van der Waals surface area (Å²) < 4.78 is 42.5. The van der Waals surface area contributed by atoms with Gasteiger partial charge in [0.25, 0.3) is 5.56 Å². The van der Waals surface area contributed by atoms with E-state index in [1.807, 2.05) is 0 Å². The highest BCUT2D eigenvalue weighted by Gasteiger charge is 2.36. The van der Waals surface area contributed by atoms with Crippen molar-refractivity contribution in [3.63, 3.8) is 0 Å². The lowest BCUT2D eigenvalue weighted by atomic mass is 10.0. The summed E-state index contributed by atoms with van der Waals surface area (Å²) in [6.07, 6.45) is 2.62. The average molecular weight is 385 g/mol. The molecule has 1 aromatic heterocycles. The van der Waals surface area contributed by atoms with Gasteiger partial charge >= 0.3 is 0 Å². The van der Waals surface area contributed by atoms with E-state index in [1.54, 1.807) is 19.1 Å². The van der Waals surface area contributed by atoms with E-state index < -0.39 is 26.6 Å². The Hall–Kier alpha value is -1.86. The Morgan fingerprint density at radius 2 is 2.04 bits per heavy atom. The minimum absolute atomic E-state index is 0.0174. The van der Waals surface area contributed by atoms with Crippen molar-refractivity contribution < 1.29 is 12.8 Å². The van der Waals surface area contributed by atoms with Gasteiger partial charge in [-0.1, -0.05) is 23.7 Å². The topological polar surface area (TPSA) is 68.2 Å². The first kappa shape index (κ1) is 17.9. The minimum Gasteiger partial charge on any atom is -0.315 e. The first-order chi connectivity index (χ1) is 11.7. The van der Waals surface area contributed by atoms with Crippen LogP contribution in [0.5, 0.6) is 0 Å². The monoisotopic (exact) mass is 384 g/mol. The van der Waals surface area contributed by atoms with Crippen LogP contribution >= 0.6 is 11.6 Å². The molecule has 1 aliphatic carbocycles. The van der Waals surface area contributed by atoms with Gasteiger partial charge < -0.3 is 4.57 Å². The zero-order valence-corrected chi connectivity index (χ0v) is 15.4. The van der Waals surface area contributed by atoms with E-state index in [0.29, 0.717) is 18.4 Å². The third-order valence-corrected chi connectivity index (χ3v) is 6.46. The number of pyridine rings is 1. The third-order valence-electron chi connectivity index (χ3n) is 4.21. The highest BCUT2D eigenvalue weighted by atomic mass is 35.5. The lowest BCUT2D eigenvalue weighted by Crippen LogP contribution is -2.24. The molecular weight excluding hydrogens is 367 g/mol. The fourth-order valence-electron chi connectivity index (χ4n) is 2.59. The summed E-state index contributed by atoms with van der Waals surface area (Å²) in [7, 11) is -2.05. The number of hydrogen-bond donors (Lipinski definition) is 1. The first-order valence-electron chi connectivity index (χ1n) is 7.83. The Labute approximate surface area is 150 Å². The standard InChI is InChI=1S/C17H18ClFN2O3S/c1-10-3-4-11(14(19)7-10)8-13-15(9-21(2)17(22)16(13)18)20-25(23,24)12-5-6-12/h3-4,7,9,12,20H,5-6,8H2,1-2H3. The Balaban J connectivity index is 2.07. The van der Waals surface area contributed by atoms with Gasteiger partial charge in [0.1, 0.15) is 10.8 Å². The first-order valence-corrected chi connectivity index (χ1v) is 9.76. The molecule has 25 heavy (non-hydrogen) atoms. The molecule has 5 nitrogen and oxygen atoms in total. The second-order valence-electron chi connectivity index (χ2n) is 6.37. The second-order valence-corrected chi connectivity index (χ2v) is 8.71. The van der Waals surface area contributed by atoms with Gasteiger partial charge in [-0.15, -0.1) is 0 Å². The number of nitrogens with one attached hydrogen (secondary N) is 1. The van der Waals surface area contributed by atoms with E-state index in [9.17, 15) is 17.6 Å². The number of aryl methyl sites for hydroxylation is 2. The predicted molar refractivity (Wildman–Crippen MR) is 96.2 cm³/mol. The number of benzene rings is 1. The van der Waals surface area contributed by atoms with E-state index >= 15 is 0 Å². The van der Waals surface area contributed by atoms with Crippen LogP contribution in [0.3, 0.4) is 0 Å². The van der Waals surface area contributed by atoms with Crippen LogP contribution in [0.15, 0.2) is 29.2 Å². The van der Waals surface area contributed by atoms with Crippen molar-refractivity contribution in [2.24, 2.45) is 7.05 Å². The van der Waals surface area contributed by atoms with Gasteiger partial charge in [-0.25, -0.2) is 12.8 Å². The van der Waals surface area contributed by atoms with Crippen LogP contribution in [0, 0.1) is 12.7 Å². The molecule has 0 bridgehead atoms. The third kappa shape index (κ3) is 3.72. The second kappa shape index (κ2) is 6.46. The maximum Gasteiger partial charge on any atom is 0.269 e. The van der Waals surface area contributed by atoms with Crippen LogP contribution in [0.4, 0.5) is 10.1 Å². The van der Waals surface area contributed by atoms with Crippen molar-refractivity contribution in [1.82, 2.24) is 4.57 Å². The lowest BCUT2D eigenvalue weighted by molar-refractivity contribution is 0.600. The normalized spacial score (nSPS) is 14.6. The molecule has 1 aromatic carbocycles. The molecule has 0 saturated heterocycles. The van der Waals surface area contributed by atoms with Gasteiger partial charge in [0.05, 0.1) is 10.9 Å². The summed E-state index contributed by atoms with van der Waals surface area (Å²) in [5.41, 5.74) is 1.13. The average Bonchev–Trinajstić information content (AvgIpc) is 3.36. The molecule has 0 amide bonds. The number of anilines is 1. The summed E-state index contributed by atoms with van der Waals surface area (Å²) in [5, 5.41) is -0.536. The number of rotatable bonds is 5. The van der Waals surface area contributed by atoms with Crippen LogP contribution in [-0.2, 0) is 23.5 Å². The molecule has 0 aliphatic heterocycles. The van der Waals surface area contributed by atoms with E-state index in [2.05, 4.69) is 4.72 Å². The molecule has 2 aromatic rings. The van der Waals surface area contributed by atoms with E-state index in [4.69, 9.17) is 11.6 Å². The maximum atomic E-state index is 14.2. The summed E-state index contributed by atoms with van der Waals surface area (Å²) in [5.74, 6) is -0.423. The van der Waals surface area contributed by atoms with Crippen LogP contribution in [0.2, 0.25) is 5.02 Å². The predicted octanol–water partition coefficient (Wildman–Crippen LogP) is 2.98. The number of hydrogen-bond acceptors (Lipinski definition) is 3. The highest BCUT2D eigenvalue weighted by molar-refractivity contribution is 7.93. The SMILES string of the molecule is Cc1ccc(Cc2c(NS(=O)(=O)C3CC3)cn(C)c(=O)c2Cl)c(F)c1. The van der Waals surface area contributed by atoms with Crippen molar-refractivity contribution >= 4 is 27.3 Å². The number of halogens is 2. The molecule has 8 heteroatoms. The zero-order valence-electron chi connectivity index (χ0n) is 13.8. The van der Waals surface area contributed by atoms with Crippen LogP contribution in [-0.4, -0.2) is 18.2 Å². The smallest absolute Gasteiger partial charge is 0.269 e. The number of sulfonamides is 1. The Kier molecular flexibility index (Phi) is 4.64. The summed E-state index contributed by atoms with van der Waals surface area (Å²) in [6.45, 7) is 1.77. The summed E-state index contributed by atoms with van der Waals surface area (Å²) in [4.78, 5) is 12.1. The quantitative estimate of drug-likeness (QED) is 0.861. The molecule has 0 unspecified atom stereocenters. The molecule has 1 heterocycles. The van der Waals surface area contributed by atoms with Crippen molar-refractivity contribution in [1.29, 1.82) is 0 Å².